The quantitative estimate of drug-likeness (QED) is 0.785. The van der Waals surface area contributed by atoms with Crippen molar-refractivity contribution in [2.75, 3.05) is 24.5 Å². The lowest BCUT2D eigenvalue weighted by molar-refractivity contribution is -0.00523. The molecule has 4 nitrogen and oxygen atoms in total. The molecule has 2 unspecified atom stereocenters. The molecule has 0 aliphatic carbocycles. The van der Waals surface area contributed by atoms with Crippen molar-refractivity contribution >= 4 is 16.5 Å². The Morgan fingerprint density at radius 3 is 2.57 bits per heavy atom. The number of hydrogen-bond donors (Lipinski definition) is 1. The van der Waals surface area contributed by atoms with Gasteiger partial charge in [-0.25, -0.2) is 4.98 Å². The molecule has 2 heterocycles. The molecular weight excluding hydrogens is 282 g/mol. The molecule has 1 saturated heterocycles. The van der Waals surface area contributed by atoms with Crippen molar-refractivity contribution in [2.24, 2.45) is 0 Å². The lowest BCUT2D eigenvalue weighted by Gasteiger charge is -2.35. The molecule has 1 aromatic heterocycles. The largest absolute Gasteiger partial charge is 0.372 e. The standard InChI is InChI=1S/C16H29N3OS/c1-5-7-14-15(9-17-8-6-2)21-16(18-14)19-10-12(3)20-13(4)11-19/h12-13,17H,5-11H2,1-4H3. The molecule has 120 valence electrons. The Balaban J connectivity index is 2.09. The SMILES string of the molecule is CCCNCc1sc(N2CC(C)OC(C)C2)nc1CCC. The summed E-state index contributed by atoms with van der Waals surface area (Å²) in [5, 5.41) is 4.69. The van der Waals surface area contributed by atoms with E-state index in [2.05, 4.69) is 37.9 Å². The van der Waals surface area contributed by atoms with Gasteiger partial charge < -0.3 is 15.0 Å². The Labute approximate surface area is 132 Å². The predicted molar refractivity (Wildman–Crippen MR) is 90.3 cm³/mol. The molecule has 0 amide bonds. The van der Waals surface area contributed by atoms with Crippen LogP contribution in [0.25, 0.3) is 0 Å². The average Bonchev–Trinajstić information content (AvgIpc) is 2.82. The second kappa shape index (κ2) is 8.11. The summed E-state index contributed by atoms with van der Waals surface area (Å²) in [6.45, 7) is 12.6. The van der Waals surface area contributed by atoms with E-state index in [0.717, 1.165) is 39.0 Å². The maximum atomic E-state index is 5.82. The summed E-state index contributed by atoms with van der Waals surface area (Å²) in [6, 6.07) is 0. The van der Waals surface area contributed by atoms with Gasteiger partial charge in [0.25, 0.3) is 0 Å². The van der Waals surface area contributed by atoms with Crippen molar-refractivity contribution in [2.45, 2.75) is 65.7 Å². The molecule has 0 radical (unpaired) electrons. The monoisotopic (exact) mass is 311 g/mol. The van der Waals surface area contributed by atoms with Crippen molar-refractivity contribution in [3.05, 3.63) is 10.6 Å². The van der Waals surface area contributed by atoms with Crippen LogP contribution in [0.1, 0.15) is 51.1 Å². The lowest BCUT2D eigenvalue weighted by atomic mass is 10.2. The Hall–Kier alpha value is -0.650. The van der Waals surface area contributed by atoms with Gasteiger partial charge in [-0.05, 0) is 33.2 Å². The topological polar surface area (TPSA) is 37.4 Å². The molecule has 1 N–H and O–H groups in total. The van der Waals surface area contributed by atoms with Crippen molar-refractivity contribution in [3.63, 3.8) is 0 Å². The summed E-state index contributed by atoms with van der Waals surface area (Å²) < 4.78 is 5.82. The second-order valence-electron chi connectivity index (χ2n) is 5.96. The minimum Gasteiger partial charge on any atom is -0.372 e. The predicted octanol–water partition coefficient (Wildman–Crippen LogP) is 3.21. The fourth-order valence-electron chi connectivity index (χ4n) is 2.79. The van der Waals surface area contributed by atoms with Crippen LogP contribution in [0.5, 0.6) is 0 Å². The second-order valence-corrected chi connectivity index (χ2v) is 7.02. The number of ether oxygens (including phenoxy) is 1. The number of nitrogens with one attached hydrogen (secondary N) is 1. The lowest BCUT2D eigenvalue weighted by Crippen LogP contribution is -2.45. The Morgan fingerprint density at radius 1 is 1.24 bits per heavy atom. The van der Waals surface area contributed by atoms with Crippen LogP contribution in [0.3, 0.4) is 0 Å². The van der Waals surface area contributed by atoms with Crippen molar-refractivity contribution in [3.8, 4) is 0 Å². The highest BCUT2D eigenvalue weighted by atomic mass is 32.1. The summed E-state index contributed by atoms with van der Waals surface area (Å²) in [5.41, 5.74) is 1.29. The highest BCUT2D eigenvalue weighted by Crippen LogP contribution is 2.29. The van der Waals surface area contributed by atoms with E-state index in [0.29, 0.717) is 0 Å². The first-order valence-corrected chi connectivity index (χ1v) is 9.05. The number of hydrogen-bond acceptors (Lipinski definition) is 5. The number of nitrogens with zero attached hydrogens (tertiary/aromatic N) is 2. The summed E-state index contributed by atoms with van der Waals surface area (Å²) in [6.07, 6.45) is 3.98. The minimum atomic E-state index is 0.286. The van der Waals surface area contributed by atoms with E-state index in [1.807, 2.05) is 11.3 Å². The van der Waals surface area contributed by atoms with Gasteiger partial charge in [-0.3, -0.25) is 0 Å². The van der Waals surface area contributed by atoms with Gasteiger partial charge >= 0.3 is 0 Å². The Bertz CT molecular complexity index is 425. The molecule has 5 heteroatoms. The molecule has 1 aromatic rings. The van der Waals surface area contributed by atoms with Gasteiger partial charge in [0.2, 0.25) is 0 Å². The third-order valence-corrected chi connectivity index (χ3v) is 4.81. The van der Waals surface area contributed by atoms with Crippen LogP contribution in [0, 0.1) is 0 Å². The molecule has 1 aliphatic heterocycles. The Kier molecular flexibility index (Phi) is 6.45. The molecule has 21 heavy (non-hydrogen) atoms. The summed E-state index contributed by atoms with van der Waals surface area (Å²) in [7, 11) is 0. The van der Waals surface area contributed by atoms with Crippen molar-refractivity contribution < 1.29 is 4.74 Å². The molecule has 0 spiro atoms. The first-order valence-electron chi connectivity index (χ1n) is 8.23. The maximum Gasteiger partial charge on any atom is 0.186 e. The van der Waals surface area contributed by atoms with E-state index in [4.69, 9.17) is 9.72 Å². The molecule has 1 aliphatic rings. The van der Waals surface area contributed by atoms with Crippen LogP contribution in [0.2, 0.25) is 0 Å². The number of aromatic nitrogens is 1. The highest BCUT2D eigenvalue weighted by Gasteiger charge is 2.25. The van der Waals surface area contributed by atoms with Gasteiger partial charge in [0.15, 0.2) is 5.13 Å². The fourth-order valence-corrected chi connectivity index (χ4v) is 3.88. The Morgan fingerprint density at radius 2 is 1.95 bits per heavy atom. The van der Waals surface area contributed by atoms with Gasteiger partial charge in [-0.2, -0.15) is 0 Å². The summed E-state index contributed by atoms with van der Waals surface area (Å²) in [4.78, 5) is 8.72. The molecule has 2 atom stereocenters. The van der Waals surface area contributed by atoms with E-state index in [1.165, 1.54) is 22.1 Å². The van der Waals surface area contributed by atoms with Gasteiger partial charge in [0, 0.05) is 24.5 Å². The number of rotatable bonds is 7. The van der Waals surface area contributed by atoms with Crippen LogP contribution >= 0.6 is 11.3 Å². The van der Waals surface area contributed by atoms with E-state index in [-0.39, 0.29) is 12.2 Å². The summed E-state index contributed by atoms with van der Waals surface area (Å²) >= 11 is 1.86. The number of thiazole rings is 1. The van der Waals surface area contributed by atoms with Gasteiger partial charge in [0.1, 0.15) is 0 Å². The van der Waals surface area contributed by atoms with Crippen LogP contribution < -0.4 is 10.2 Å². The minimum absolute atomic E-state index is 0.286. The van der Waals surface area contributed by atoms with Crippen LogP contribution in [0.4, 0.5) is 5.13 Å². The average molecular weight is 311 g/mol. The fraction of sp³-hybridized carbons (Fsp3) is 0.812. The molecular formula is C16H29N3OS. The van der Waals surface area contributed by atoms with E-state index >= 15 is 0 Å². The molecule has 0 aromatic carbocycles. The van der Waals surface area contributed by atoms with Crippen LogP contribution in [-0.2, 0) is 17.7 Å². The van der Waals surface area contributed by atoms with E-state index < -0.39 is 0 Å². The molecule has 0 bridgehead atoms. The van der Waals surface area contributed by atoms with Crippen molar-refractivity contribution in [1.82, 2.24) is 10.3 Å². The van der Waals surface area contributed by atoms with Crippen LogP contribution in [0.15, 0.2) is 0 Å². The van der Waals surface area contributed by atoms with Gasteiger partial charge in [0.05, 0.1) is 17.9 Å². The van der Waals surface area contributed by atoms with E-state index in [1.54, 1.807) is 0 Å². The highest BCUT2D eigenvalue weighted by molar-refractivity contribution is 7.15. The molecule has 0 saturated carbocycles. The van der Waals surface area contributed by atoms with Gasteiger partial charge in [-0.1, -0.05) is 20.3 Å². The summed E-state index contributed by atoms with van der Waals surface area (Å²) in [5.74, 6) is 0. The third-order valence-electron chi connectivity index (χ3n) is 3.66. The van der Waals surface area contributed by atoms with Crippen LogP contribution in [-0.4, -0.2) is 36.8 Å². The van der Waals surface area contributed by atoms with Crippen molar-refractivity contribution in [1.29, 1.82) is 0 Å². The smallest absolute Gasteiger partial charge is 0.186 e. The first-order chi connectivity index (χ1) is 10.1. The zero-order valence-corrected chi connectivity index (χ0v) is 14.6. The molecule has 1 fully saturated rings. The zero-order chi connectivity index (χ0) is 15.2. The van der Waals surface area contributed by atoms with E-state index in [9.17, 15) is 0 Å². The van der Waals surface area contributed by atoms with Gasteiger partial charge in [-0.15, -0.1) is 11.3 Å². The third kappa shape index (κ3) is 4.66. The maximum absolute atomic E-state index is 5.82. The first kappa shape index (κ1) is 16.7. The molecule has 2 rings (SSSR count). The normalized spacial score (nSPS) is 22.8. The number of aryl methyl sites for hydroxylation is 1. The number of anilines is 1. The zero-order valence-electron chi connectivity index (χ0n) is 13.8. The number of morpholine rings is 1.